The number of hydrogen-bond donors (Lipinski definition) is 2. The summed E-state index contributed by atoms with van der Waals surface area (Å²) in [5.74, 6) is -0.0534. The minimum Gasteiger partial charge on any atom is -0.378 e. The standard InChI is InChI=1S/C17H21N3O3S/c1-20(2)17(22)15-8-11-7-12(3-4-14(11)24-15)19-16(21)9-13-10-23-6-5-18-13/h3-4,7-8,13,18H,5-6,9-10H2,1-2H3,(H,19,21)/t13-/m1/s1. The van der Waals surface area contributed by atoms with Crippen LogP contribution < -0.4 is 10.6 Å². The van der Waals surface area contributed by atoms with Gasteiger partial charge < -0.3 is 20.3 Å². The van der Waals surface area contributed by atoms with Crippen LogP contribution >= 0.6 is 11.3 Å². The zero-order valence-electron chi connectivity index (χ0n) is 13.8. The molecular weight excluding hydrogens is 326 g/mol. The molecule has 0 radical (unpaired) electrons. The Labute approximate surface area is 144 Å². The van der Waals surface area contributed by atoms with Gasteiger partial charge in [-0.3, -0.25) is 9.59 Å². The second kappa shape index (κ2) is 7.29. The van der Waals surface area contributed by atoms with Gasteiger partial charge in [-0.05, 0) is 29.7 Å². The highest BCUT2D eigenvalue weighted by Crippen LogP contribution is 2.28. The summed E-state index contributed by atoms with van der Waals surface area (Å²) in [7, 11) is 3.47. The number of rotatable bonds is 4. The average molecular weight is 347 g/mol. The number of fused-ring (bicyclic) bond motifs is 1. The number of hydrogen-bond acceptors (Lipinski definition) is 5. The lowest BCUT2D eigenvalue weighted by atomic mass is 10.1. The Kier molecular flexibility index (Phi) is 5.13. The zero-order chi connectivity index (χ0) is 17.1. The Morgan fingerprint density at radius 1 is 1.38 bits per heavy atom. The second-order valence-electron chi connectivity index (χ2n) is 6.04. The van der Waals surface area contributed by atoms with E-state index in [1.165, 1.54) is 11.3 Å². The van der Waals surface area contributed by atoms with Crippen molar-refractivity contribution in [2.45, 2.75) is 12.5 Å². The summed E-state index contributed by atoms with van der Waals surface area (Å²) in [5, 5.41) is 7.14. The van der Waals surface area contributed by atoms with Gasteiger partial charge in [0, 0.05) is 43.5 Å². The molecule has 1 aromatic carbocycles. The fraction of sp³-hybridized carbons (Fsp3) is 0.412. The van der Waals surface area contributed by atoms with Gasteiger partial charge in [0.25, 0.3) is 5.91 Å². The maximum absolute atomic E-state index is 12.2. The van der Waals surface area contributed by atoms with Gasteiger partial charge in [-0.2, -0.15) is 0 Å². The number of carbonyl (C=O) groups excluding carboxylic acids is 2. The summed E-state index contributed by atoms with van der Waals surface area (Å²) in [6.45, 7) is 2.04. The first kappa shape index (κ1) is 16.9. The van der Waals surface area contributed by atoms with Crippen LogP contribution in [0.25, 0.3) is 10.1 Å². The Morgan fingerprint density at radius 3 is 2.92 bits per heavy atom. The van der Waals surface area contributed by atoms with E-state index in [1.807, 2.05) is 24.3 Å². The van der Waals surface area contributed by atoms with Crippen LogP contribution in [0.4, 0.5) is 5.69 Å². The Bertz CT molecular complexity index is 751. The van der Waals surface area contributed by atoms with Crippen LogP contribution in [-0.2, 0) is 9.53 Å². The zero-order valence-corrected chi connectivity index (χ0v) is 14.6. The predicted octanol–water partition coefficient (Wildman–Crippen LogP) is 1.92. The smallest absolute Gasteiger partial charge is 0.263 e. The molecule has 0 bridgehead atoms. The molecule has 1 saturated heterocycles. The molecule has 0 unspecified atom stereocenters. The van der Waals surface area contributed by atoms with Crippen LogP contribution in [0.2, 0.25) is 0 Å². The first-order chi connectivity index (χ1) is 11.5. The number of morpholine rings is 1. The van der Waals surface area contributed by atoms with Crippen LogP contribution in [0.1, 0.15) is 16.1 Å². The van der Waals surface area contributed by atoms with Crippen molar-refractivity contribution in [2.75, 3.05) is 39.2 Å². The van der Waals surface area contributed by atoms with Crippen molar-refractivity contribution < 1.29 is 14.3 Å². The summed E-state index contributed by atoms with van der Waals surface area (Å²) < 4.78 is 6.39. The van der Waals surface area contributed by atoms with Crippen molar-refractivity contribution in [2.24, 2.45) is 0 Å². The van der Waals surface area contributed by atoms with E-state index in [2.05, 4.69) is 10.6 Å². The number of nitrogens with zero attached hydrogens (tertiary/aromatic N) is 1. The molecule has 1 aromatic heterocycles. The first-order valence-corrected chi connectivity index (χ1v) is 8.71. The molecule has 0 saturated carbocycles. The summed E-state index contributed by atoms with van der Waals surface area (Å²) in [6, 6.07) is 7.64. The summed E-state index contributed by atoms with van der Waals surface area (Å²) >= 11 is 1.46. The molecule has 2 heterocycles. The van der Waals surface area contributed by atoms with Crippen molar-refractivity contribution in [1.29, 1.82) is 0 Å². The van der Waals surface area contributed by atoms with E-state index in [0.29, 0.717) is 24.5 Å². The molecule has 0 aliphatic carbocycles. The Morgan fingerprint density at radius 2 is 2.21 bits per heavy atom. The van der Waals surface area contributed by atoms with Gasteiger partial charge in [-0.1, -0.05) is 0 Å². The average Bonchev–Trinajstić information content (AvgIpc) is 2.98. The van der Waals surface area contributed by atoms with Crippen LogP contribution in [0, 0.1) is 0 Å². The van der Waals surface area contributed by atoms with Crippen molar-refractivity contribution in [1.82, 2.24) is 10.2 Å². The van der Waals surface area contributed by atoms with Crippen LogP contribution in [0.15, 0.2) is 24.3 Å². The largest absolute Gasteiger partial charge is 0.378 e. The van der Waals surface area contributed by atoms with Crippen molar-refractivity contribution in [3.63, 3.8) is 0 Å². The molecule has 1 atom stereocenters. The molecule has 3 rings (SSSR count). The van der Waals surface area contributed by atoms with Crippen LogP contribution in [0.3, 0.4) is 0 Å². The fourth-order valence-electron chi connectivity index (χ4n) is 2.63. The number of nitrogens with one attached hydrogen (secondary N) is 2. The lowest BCUT2D eigenvalue weighted by Gasteiger charge is -2.23. The molecule has 0 spiro atoms. The summed E-state index contributed by atoms with van der Waals surface area (Å²) in [4.78, 5) is 26.5. The first-order valence-electron chi connectivity index (χ1n) is 7.89. The number of thiophene rings is 1. The lowest BCUT2D eigenvalue weighted by molar-refractivity contribution is -0.117. The molecule has 1 aliphatic rings. The minimum absolute atomic E-state index is 0.00911. The molecule has 2 N–H and O–H groups in total. The van der Waals surface area contributed by atoms with Crippen LogP contribution in [-0.4, -0.2) is 56.6 Å². The van der Waals surface area contributed by atoms with E-state index in [1.54, 1.807) is 19.0 Å². The molecule has 24 heavy (non-hydrogen) atoms. The second-order valence-corrected chi connectivity index (χ2v) is 7.12. The normalized spacial score (nSPS) is 17.7. The Balaban J connectivity index is 1.68. The van der Waals surface area contributed by atoms with Crippen molar-refractivity contribution in [3.8, 4) is 0 Å². The number of amides is 2. The van der Waals surface area contributed by atoms with E-state index in [9.17, 15) is 9.59 Å². The number of ether oxygens (including phenoxy) is 1. The molecule has 7 heteroatoms. The highest BCUT2D eigenvalue weighted by Gasteiger charge is 2.17. The molecule has 6 nitrogen and oxygen atoms in total. The van der Waals surface area contributed by atoms with Gasteiger partial charge >= 0.3 is 0 Å². The highest BCUT2D eigenvalue weighted by molar-refractivity contribution is 7.20. The lowest BCUT2D eigenvalue weighted by Crippen LogP contribution is -2.43. The van der Waals surface area contributed by atoms with Crippen molar-refractivity contribution >= 4 is 38.9 Å². The minimum atomic E-state index is -0.0443. The quantitative estimate of drug-likeness (QED) is 0.886. The molecule has 2 aromatic rings. The molecular formula is C17H21N3O3S. The SMILES string of the molecule is CN(C)C(=O)c1cc2cc(NC(=O)C[C@@H]3COCCN3)ccc2s1. The van der Waals surface area contributed by atoms with E-state index >= 15 is 0 Å². The highest BCUT2D eigenvalue weighted by atomic mass is 32.1. The van der Waals surface area contributed by atoms with E-state index in [0.717, 1.165) is 22.3 Å². The molecule has 1 aliphatic heterocycles. The fourth-order valence-corrected chi connectivity index (χ4v) is 3.70. The molecule has 128 valence electrons. The number of benzene rings is 1. The van der Waals surface area contributed by atoms with E-state index < -0.39 is 0 Å². The number of carbonyl (C=O) groups is 2. The summed E-state index contributed by atoms with van der Waals surface area (Å²) in [6.07, 6.45) is 0.381. The number of anilines is 1. The Hall–Kier alpha value is -1.96. The molecule has 1 fully saturated rings. The van der Waals surface area contributed by atoms with E-state index in [-0.39, 0.29) is 17.9 Å². The van der Waals surface area contributed by atoms with Gasteiger partial charge in [0.2, 0.25) is 5.91 Å². The third-order valence-corrected chi connectivity index (χ3v) is 4.95. The monoisotopic (exact) mass is 347 g/mol. The maximum Gasteiger partial charge on any atom is 0.263 e. The topological polar surface area (TPSA) is 70.7 Å². The van der Waals surface area contributed by atoms with Crippen LogP contribution in [0.5, 0.6) is 0 Å². The predicted molar refractivity (Wildman–Crippen MR) is 95.7 cm³/mol. The molecule has 2 amide bonds. The third kappa shape index (κ3) is 3.92. The van der Waals surface area contributed by atoms with Crippen molar-refractivity contribution in [3.05, 3.63) is 29.1 Å². The van der Waals surface area contributed by atoms with E-state index in [4.69, 9.17) is 4.74 Å². The van der Waals surface area contributed by atoms with Gasteiger partial charge in [-0.15, -0.1) is 11.3 Å². The van der Waals surface area contributed by atoms with Gasteiger partial charge in [0.1, 0.15) is 0 Å². The van der Waals surface area contributed by atoms with Gasteiger partial charge in [0.15, 0.2) is 0 Å². The summed E-state index contributed by atoms with van der Waals surface area (Å²) in [5.41, 5.74) is 0.742. The third-order valence-electron chi connectivity index (χ3n) is 3.85. The maximum atomic E-state index is 12.2. The van der Waals surface area contributed by atoms with Gasteiger partial charge in [-0.25, -0.2) is 0 Å². The van der Waals surface area contributed by atoms with Gasteiger partial charge in [0.05, 0.1) is 18.1 Å².